The smallest absolute Gasteiger partial charge is 0.247 e. The number of rotatable bonds is 4. The number of carbonyl (C=O) groups excluding carboxylic acids is 1. The maximum absolute atomic E-state index is 12.2. The highest BCUT2D eigenvalue weighted by Gasteiger charge is 2.21. The van der Waals surface area contributed by atoms with Crippen LogP contribution in [0.5, 0.6) is 0 Å². The molecule has 1 atom stereocenters. The molecular weight excluding hydrogens is 292 g/mol. The zero-order valence-electron chi connectivity index (χ0n) is 13.1. The summed E-state index contributed by atoms with van der Waals surface area (Å²) in [5, 5.41) is 8.17. The standard InChI is InChI=1S/C17H20N4O2/c1-14-13-23-10-9-21(14)17(22)8-7-16-12-20(19-18-16)11-15-5-3-2-4-6-15/h2-8,12,14H,9-11,13H2,1H3/b8-7+/t14-/m1/s1. The van der Waals surface area contributed by atoms with Gasteiger partial charge in [-0.2, -0.15) is 0 Å². The fraction of sp³-hybridized carbons (Fsp3) is 0.353. The van der Waals surface area contributed by atoms with Gasteiger partial charge in [-0.05, 0) is 18.6 Å². The summed E-state index contributed by atoms with van der Waals surface area (Å²) in [5.74, 6) is -0.0154. The van der Waals surface area contributed by atoms with E-state index in [-0.39, 0.29) is 11.9 Å². The highest BCUT2D eigenvalue weighted by molar-refractivity contribution is 5.91. The summed E-state index contributed by atoms with van der Waals surface area (Å²) in [7, 11) is 0. The zero-order valence-corrected chi connectivity index (χ0v) is 13.1. The van der Waals surface area contributed by atoms with Crippen LogP contribution in [0.4, 0.5) is 0 Å². The van der Waals surface area contributed by atoms with E-state index in [1.807, 2.05) is 48.4 Å². The number of amides is 1. The van der Waals surface area contributed by atoms with Crippen LogP contribution in [0, 0.1) is 0 Å². The van der Waals surface area contributed by atoms with E-state index in [2.05, 4.69) is 10.3 Å². The van der Waals surface area contributed by atoms with Gasteiger partial charge in [-0.15, -0.1) is 5.10 Å². The molecule has 2 heterocycles. The van der Waals surface area contributed by atoms with Crippen LogP contribution in [0.1, 0.15) is 18.2 Å². The second-order valence-corrected chi connectivity index (χ2v) is 5.62. The van der Waals surface area contributed by atoms with Gasteiger partial charge < -0.3 is 9.64 Å². The minimum atomic E-state index is -0.0154. The lowest BCUT2D eigenvalue weighted by atomic mass is 10.2. The molecule has 1 amide bonds. The number of hydrogen-bond acceptors (Lipinski definition) is 4. The molecule has 1 aromatic carbocycles. The quantitative estimate of drug-likeness (QED) is 0.804. The van der Waals surface area contributed by atoms with Crippen molar-refractivity contribution >= 4 is 12.0 Å². The van der Waals surface area contributed by atoms with Crippen molar-refractivity contribution < 1.29 is 9.53 Å². The van der Waals surface area contributed by atoms with Gasteiger partial charge in [-0.1, -0.05) is 35.5 Å². The highest BCUT2D eigenvalue weighted by Crippen LogP contribution is 2.08. The molecule has 0 saturated carbocycles. The largest absolute Gasteiger partial charge is 0.377 e. The first-order valence-corrected chi connectivity index (χ1v) is 7.73. The second kappa shape index (κ2) is 7.19. The molecule has 6 nitrogen and oxygen atoms in total. The van der Waals surface area contributed by atoms with Crippen LogP contribution >= 0.6 is 0 Å². The van der Waals surface area contributed by atoms with E-state index < -0.39 is 0 Å². The molecule has 0 unspecified atom stereocenters. The fourth-order valence-electron chi connectivity index (χ4n) is 2.54. The topological polar surface area (TPSA) is 60.2 Å². The predicted molar refractivity (Wildman–Crippen MR) is 86.6 cm³/mol. The predicted octanol–water partition coefficient (Wildman–Crippen LogP) is 1.59. The van der Waals surface area contributed by atoms with Crippen molar-refractivity contribution in [1.82, 2.24) is 19.9 Å². The first-order valence-electron chi connectivity index (χ1n) is 7.73. The molecule has 0 aliphatic carbocycles. The van der Waals surface area contributed by atoms with Gasteiger partial charge in [0.05, 0.1) is 32.0 Å². The number of aromatic nitrogens is 3. The number of morpholine rings is 1. The molecule has 0 N–H and O–H groups in total. The summed E-state index contributed by atoms with van der Waals surface area (Å²) in [5.41, 5.74) is 1.83. The Morgan fingerprint density at radius 2 is 2.22 bits per heavy atom. The third-order valence-corrected chi connectivity index (χ3v) is 3.79. The average molecular weight is 312 g/mol. The van der Waals surface area contributed by atoms with Crippen LogP contribution in [0.15, 0.2) is 42.6 Å². The lowest BCUT2D eigenvalue weighted by Gasteiger charge is -2.32. The van der Waals surface area contributed by atoms with Crippen molar-refractivity contribution in [2.24, 2.45) is 0 Å². The molecule has 1 aromatic heterocycles. The van der Waals surface area contributed by atoms with Crippen molar-refractivity contribution in [3.63, 3.8) is 0 Å². The molecule has 1 aliphatic heterocycles. The Morgan fingerprint density at radius 1 is 1.39 bits per heavy atom. The molecule has 0 radical (unpaired) electrons. The number of hydrogen-bond donors (Lipinski definition) is 0. The molecule has 120 valence electrons. The van der Waals surface area contributed by atoms with E-state index in [1.165, 1.54) is 0 Å². The van der Waals surface area contributed by atoms with E-state index in [4.69, 9.17) is 4.74 Å². The van der Waals surface area contributed by atoms with Crippen LogP contribution in [-0.2, 0) is 16.1 Å². The normalized spacial score (nSPS) is 18.5. The van der Waals surface area contributed by atoms with Gasteiger partial charge in [-0.25, -0.2) is 4.68 Å². The van der Waals surface area contributed by atoms with Crippen molar-refractivity contribution in [3.05, 3.63) is 53.9 Å². The Bertz CT molecular complexity index is 681. The molecule has 0 spiro atoms. The summed E-state index contributed by atoms with van der Waals surface area (Å²) >= 11 is 0. The monoisotopic (exact) mass is 312 g/mol. The van der Waals surface area contributed by atoms with Gasteiger partial charge in [-0.3, -0.25) is 4.79 Å². The summed E-state index contributed by atoms with van der Waals surface area (Å²) in [6.45, 7) is 4.46. The molecule has 1 saturated heterocycles. The van der Waals surface area contributed by atoms with Crippen LogP contribution < -0.4 is 0 Å². The molecule has 6 heteroatoms. The molecule has 3 rings (SSSR count). The number of nitrogens with zero attached hydrogens (tertiary/aromatic N) is 4. The van der Waals surface area contributed by atoms with Crippen molar-refractivity contribution in [1.29, 1.82) is 0 Å². The van der Waals surface area contributed by atoms with Crippen LogP contribution in [0.25, 0.3) is 6.08 Å². The third-order valence-electron chi connectivity index (χ3n) is 3.79. The number of carbonyl (C=O) groups is 1. The number of ether oxygens (including phenoxy) is 1. The Kier molecular flexibility index (Phi) is 4.83. The van der Waals surface area contributed by atoms with Gasteiger partial charge >= 0.3 is 0 Å². The Labute approximate surface area is 135 Å². The van der Waals surface area contributed by atoms with E-state index in [0.717, 1.165) is 5.56 Å². The van der Waals surface area contributed by atoms with E-state index in [9.17, 15) is 4.79 Å². The van der Waals surface area contributed by atoms with Crippen LogP contribution in [0.3, 0.4) is 0 Å². The van der Waals surface area contributed by atoms with Crippen molar-refractivity contribution in [3.8, 4) is 0 Å². The van der Waals surface area contributed by atoms with Gasteiger partial charge in [0.2, 0.25) is 5.91 Å². The van der Waals surface area contributed by atoms with Gasteiger partial charge in [0, 0.05) is 12.6 Å². The molecular formula is C17H20N4O2. The van der Waals surface area contributed by atoms with Crippen molar-refractivity contribution in [2.45, 2.75) is 19.5 Å². The molecule has 1 aliphatic rings. The van der Waals surface area contributed by atoms with E-state index in [0.29, 0.717) is 32.0 Å². The van der Waals surface area contributed by atoms with E-state index >= 15 is 0 Å². The Balaban J connectivity index is 1.61. The molecule has 2 aromatic rings. The minimum Gasteiger partial charge on any atom is -0.377 e. The highest BCUT2D eigenvalue weighted by atomic mass is 16.5. The van der Waals surface area contributed by atoms with Crippen molar-refractivity contribution in [2.75, 3.05) is 19.8 Å². The van der Waals surface area contributed by atoms with Gasteiger partial charge in [0.25, 0.3) is 0 Å². The summed E-state index contributed by atoms with van der Waals surface area (Å²) in [6, 6.07) is 10.2. The average Bonchev–Trinajstić information content (AvgIpc) is 3.01. The molecule has 23 heavy (non-hydrogen) atoms. The fourth-order valence-corrected chi connectivity index (χ4v) is 2.54. The first-order chi connectivity index (χ1) is 11.2. The van der Waals surface area contributed by atoms with Gasteiger partial charge in [0.15, 0.2) is 0 Å². The lowest BCUT2D eigenvalue weighted by Crippen LogP contribution is -2.46. The maximum Gasteiger partial charge on any atom is 0.247 e. The maximum atomic E-state index is 12.2. The summed E-state index contributed by atoms with van der Waals surface area (Å²) in [6.07, 6.45) is 5.09. The lowest BCUT2D eigenvalue weighted by molar-refractivity contribution is -0.133. The van der Waals surface area contributed by atoms with Crippen LogP contribution in [-0.4, -0.2) is 51.6 Å². The summed E-state index contributed by atoms with van der Waals surface area (Å²) in [4.78, 5) is 14.0. The van der Waals surface area contributed by atoms with Crippen LogP contribution in [0.2, 0.25) is 0 Å². The third kappa shape index (κ3) is 4.04. The summed E-state index contributed by atoms with van der Waals surface area (Å²) < 4.78 is 7.10. The first kappa shape index (κ1) is 15.4. The van der Waals surface area contributed by atoms with E-state index in [1.54, 1.807) is 16.8 Å². The zero-order chi connectivity index (χ0) is 16.1. The SMILES string of the molecule is C[C@@H]1COCCN1C(=O)/C=C/c1cn(Cc2ccccc2)nn1. The Morgan fingerprint density at radius 3 is 3.00 bits per heavy atom. The molecule has 0 bridgehead atoms. The number of benzene rings is 1. The van der Waals surface area contributed by atoms with Gasteiger partial charge in [0.1, 0.15) is 5.69 Å². The minimum absolute atomic E-state index is 0.0154. The Hall–Kier alpha value is -2.47. The molecule has 1 fully saturated rings. The second-order valence-electron chi connectivity index (χ2n) is 5.62.